The van der Waals surface area contributed by atoms with Crippen molar-refractivity contribution in [2.75, 3.05) is 6.23 Å². The zero-order valence-corrected chi connectivity index (χ0v) is 16.9. The highest BCUT2D eigenvalue weighted by Gasteiger charge is 2.30. The molecule has 134 valence electrons. The van der Waals surface area contributed by atoms with Gasteiger partial charge in [-0.1, -0.05) is 80.3 Å². The number of carbonyl (C=O) groups is 1. The molecule has 0 aliphatic carbocycles. The Hall–Kier alpha value is -2.07. The molecule has 25 heavy (non-hydrogen) atoms. The maximum Gasteiger partial charge on any atom is 0.410 e. The maximum atomic E-state index is 12.9. The molecule has 0 heterocycles. The first kappa shape index (κ1) is 19.3. The van der Waals surface area contributed by atoms with Crippen LogP contribution >= 0.6 is 0 Å². The summed E-state index contributed by atoms with van der Waals surface area (Å²) in [5.74, 6) is 0. The smallest absolute Gasteiger partial charge is 0.410 e. The average Bonchev–Trinajstić information content (AvgIpc) is 2.61. The molecule has 2 aromatic carbocycles. The number of carbonyl (C=O) groups excluding carboxylic acids is 1. The summed E-state index contributed by atoms with van der Waals surface area (Å²) in [5.41, 5.74) is 2.21. The van der Waals surface area contributed by atoms with Crippen LogP contribution in [-0.4, -0.2) is 25.3 Å². The van der Waals surface area contributed by atoms with Crippen molar-refractivity contribution in [2.24, 2.45) is 0 Å². The van der Waals surface area contributed by atoms with Gasteiger partial charge in [0.25, 0.3) is 0 Å². The summed E-state index contributed by atoms with van der Waals surface area (Å²) in [4.78, 5) is 14.8. The van der Waals surface area contributed by atoms with Gasteiger partial charge in [-0.25, -0.2) is 4.79 Å². The Labute approximate surface area is 152 Å². The molecule has 2 rings (SSSR count). The van der Waals surface area contributed by atoms with Crippen LogP contribution in [0.25, 0.3) is 0 Å². The molecule has 0 aliphatic rings. The van der Waals surface area contributed by atoms with Crippen molar-refractivity contribution in [2.45, 2.75) is 45.6 Å². The first-order chi connectivity index (χ1) is 11.8. The zero-order chi connectivity index (χ0) is 18.4. The Morgan fingerprint density at radius 3 is 1.64 bits per heavy atom. The number of hydrogen-bond donors (Lipinski definition) is 0. The van der Waals surface area contributed by atoms with E-state index in [1.165, 1.54) is 0 Å². The van der Waals surface area contributed by atoms with Crippen molar-refractivity contribution in [3.8, 4) is 0 Å². The van der Waals surface area contributed by atoms with E-state index in [-0.39, 0.29) is 18.2 Å². The van der Waals surface area contributed by atoms with Crippen LogP contribution in [-0.2, 0) is 4.74 Å². The first-order valence-electron chi connectivity index (χ1n) is 8.84. The number of rotatable bonds is 6. The number of hydrogen-bond acceptors (Lipinski definition) is 2. The third-order valence-corrected chi connectivity index (χ3v) is 5.25. The molecule has 0 radical (unpaired) electrons. The highest BCUT2D eigenvalue weighted by molar-refractivity contribution is 6.76. The van der Waals surface area contributed by atoms with Gasteiger partial charge in [0, 0.05) is 0 Å². The fraction of sp³-hybridized carbons (Fsp3) is 0.381. The molecule has 0 aromatic heterocycles. The molecule has 0 bridgehead atoms. The fourth-order valence-electron chi connectivity index (χ4n) is 2.79. The molecule has 1 amide bonds. The fourth-order valence-corrected chi connectivity index (χ4v) is 3.35. The summed E-state index contributed by atoms with van der Waals surface area (Å²) < 4.78 is 5.70. The van der Waals surface area contributed by atoms with E-state index in [1.54, 1.807) is 0 Å². The van der Waals surface area contributed by atoms with Crippen LogP contribution in [0, 0.1) is 0 Å². The predicted molar refractivity (Wildman–Crippen MR) is 106 cm³/mol. The van der Waals surface area contributed by atoms with Crippen molar-refractivity contribution in [3.63, 3.8) is 0 Å². The molecule has 2 aromatic rings. The van der Waals surface area contributed by atoms with Gasteiger partial charge in [-0.3, -0.25) is 4.90 Å². The van der Waals surface area contributed by atoms with Gasteiger partial charge < -0.3 is 4.74 Å². The summed E-state index contributed by atoms with van der Waals surface area (Å²) in [6.45, 7) is 10.7. The van der Waals surface area contributed by atoms with E-state index in [0.717, 1.165) is 11.1 Å². The van der Waals surface area contributed by atoms with Gasteiger partial charge >= 0.3 is 6.09 Å². The second kappa shape index (κ2) is 8.34. The van der Waals surface area contributed by atoms with Crippen LogP contribution in [0.2, 0.25) is 19.6 Å². The summed E-state index contributed by atoms with van der Waals surface area (Å²) >= 11 is 0. The molecule has 2 atom stereocenters. The molecule has 0 saturated heterocycles. The average molecular weight is 356 g/mol. The minimum atomic E-state index is -1.46. The number of nitrogens with zero attached hydrogens (tertiary/aromatic N) is 1. The lowest BCUT2D eigenvalue weighted by Gasteiger charge is -2.35. The minimum Gasteiger partial charge on any atom is -0.453 e. The Kier molecular flexibility index (Phi) is 6.43. The van der Waals surface area contributed by atoms with Crippen molar-refractivity contribution in [1.29, 1.82) is 0 Å². The molecule has 0 unspecified atom stereocenters. The third-order valence-electron chi connectivity index (χ3n) is 4.24. The number of amides is 1. The van der Waals surface area contributed by atoms with E-state index >= 15 is 0 Å². The van der Waals surface area contributed by atoms with Gasteiger partial charge in [0.1, 0.15) is 0 Å². The van der Waals surface area contributed by atoms with Gasteiger partial charge in [0.15, 0.2) is 0 Å². The molecule has 3 nitrogen and oxygen atoms in total. The van der Waals surface area contributed by atoms with E-state index in [4.69, 9.17) is 4.74 Å². The molecule has 0 N–H and O–H groups in total. The molecule has 0 spiro atoms. The summed E-state index contributed by atoms with van der Waals surface area (Å²) in [6, 6.07) is 20.1. The van der Waals surface area contributed by atoms with Gasteiger partial charge in [-0.15, -0.1) is 0 Å². The zero-order valence-electron chi connectivity index (χ0n) is 15.9. The Morgan fingerprint density at radius 1 is 0.880 bits per heavy atom. The summed E-state index contributed by atoms with van der Waals surface area (Å²) in [7, 11) is -1.46. The maximum absolute atomic E-state index is 12.9. The van der Waals surface area contributed by atoms with Crippen LogP contribution in [0.3, 0.4) is 0 Å². The van der Waals surface area contributed by atoms with Crippen molar-refractivity contribution >= 4 is 14.2 Å². The van der Waals surface area contributed by atoms with Crippen LogP contribution in [0.1, 0.15) is 37.1 Å². The molecular formula is C21H29NO2Si. The monoisotopic (exact) mass is 355 g/mol. The molecule has 0 saturated carbocycles. The third kappa shape index (κ3) is 5.46. The summed E-state index contributed by atoms with van der Waals surface area (Å²) in [6.07, 6.45) is 0.292. The Bertz CT molecular complexity index is 622. The standard InChI is InChI=1S/C21H29NO2Si/c1-17(19-12-8-6-9-13-19)22(21(23)24-16-25(3,4)5)18(2)20-14-10-7-11-15-20/h6-15,17-18H,16H2,1-5H3/t17-,18-/m0/s1. The lowest BCUT2D eigenvalue weighted by Crippen LogP contribution is -2.39. The first-order valence-corrected chi connectivity index (χ1v) is 12.6. The van der Waals surface area contributed by atoms with Crippen LogP contribution in [0.15, 0.2) is 60.7 Å². The molecular weight excluding hydrogens is 326 g/mol. The molecule has 4 heteroatoms. The van der Waals surface area contributed by atoms with Crippen LogP contribution < -0.4 is 0 Å². The molecule has 0 fully saturated rings. The lowest BCUT2D eigenvalue weighted by atomic mass is 10.0. The Balaban J connectivity index is 2.29. The van der Waals surface area contributed by atoms with Crippen molar-refractivity contribution in [3.05, 3.63) is 71.8 Å². The normalized spacial score (nSPS) is 13.8. The van der Waals surface area contributed by atoms with E-state index < -0.39 is 8.07 Å². The number of ether oxygens (including phenoxy) is 1. The lowest BCUT2D eigenvalue weighted by molar-refractivity contribution is 0.0826. The van der Waals surface area contributed by atoms with Gasteiger partial charge in [0.05, 0.1) is 26.4 Å². The second-order valence-corrected chi connectivity index (χ2v) is 13.1. The highest BCUT2D eigenvalue weighted by Crippen LogP contribution is 2.31. The predicted octanol–water partition coefficient (Wildman–Crippen LogP) is 5.82. The van der Waals surface area contributed by atoms with E-state index in [1.807, 2.05) is 41.3 Å². The van der Waals surface area contributed by atoms with E-state index in [2.05, 4.69) is 57.8 Å². The van der Waals surface area contributed by atoms with Gasteiger partial charge in [-0.2, -0.15) is 0 Å². The van der Waals surface area contributed by atoms with Crippen LogP contribution in [0.5, 0.6) is 0 Å². The van der Waals surface area contributed by atoms with E-state index in [0.29, 0.717) is 6.23 Å². The second-order valence-electron chi connectivity index (χ2n) is 7.70. The quantitative estimate of drug-likeness (QED) is 0.611. The highest BCUT2D eigenvalue weighted by atomic mass is 28.3. The largest absolute Gasteiger partial charge is 0.453 e. The number of benzene rings is 2. The van der Waals surface area contributed by atoms with Crippen molar-refractivity contribution < 1.29 is 9.53 Å². The minimum absolute atomic E-state index is 0.0643. The van der Waals surface area contributed by atoms with Gasteiger partial charge in [0.2, 0.25) is 0 Å². The van der Waals surface area contributed by atoms with E-state index in [9.17, 15) is 4.79 Å². The molecule has 0 aliphatic heterocycles. The van der Waals surface area contributed by atoms with Crippen LogP contribution in [0.4, 0.5) is 4.79 Å². The topological polar surface area (TPSA) is 29.5 Å². The van der Waals surface area contributed by atoms with Crippen molar-refractivity contribution in [1.82, 2.24) is 4.90 Å². The SMILES string of the molecule is C[C@@H](c1ccccc1)N(C(=O)OC[Si](C)(C)C)[C@@H](C)c1ccccc1. The summed E-state index contributed by atoms with van der Waals surface area (Å²) in [5, 5.41) is 0. The Morgan fingerprint density at radius 2 is 1.28 bits per heavy atom. The van der Waals surface area contributed by atoms with Gasteiger partial charge in [-0.05, 0) is 25.0 Å².